The number of hydrogen-bond donors (Lipinski definition) is 0. The van der Waals surface area contributed by atoms with Gasteiger partial charge in [-0.05, 0) is 29.8 Å². The zero-order chi connectivity index (χ0) is 10.7. The molecule has 0 bridgehead atoms. The van der Waals surface area contributed by atoms with Gasteiger partial charge in [0.15, 0.2) is 0 Å². The molecule has 0 amide bonds. The number of benzene rings is 1. The van der Waals surface area contributed by atoms with Crippen molar-refractivity contribution >= 4 is 0 Å². The van der Waals surface area contributed by atoms with Crippen LogP contribution in [0.25, 0.3) is 0 Å². The van der Waals surface area contributed by atoms with E-state index in [1.54, 1.807) is 7.11 Å². The van der Waals surface area contributed by atoms with Gasteiger partial charge in [-0.2, -0.15) is 0 Å². The number of aryl methyl sites for hydroxylation is 1. The standard InChI is InChI=1S/C13H15NO/c1-14-9-3-4-12(14)10-11-5-7-13(15-2)8-6-11/h3-9H,10H2,1-2H3. The van der Waals surface area contributed by atoms with Gasteiger partial charge in [0.2, 0.25) is 0 Å². The first kappa shape index (κ1) is 9.84. The molecule has 0 atom stereocenters. The van der Waals surface area contributed by atoms with E-state index >= 15 is 0 Å². The summed E-state index contributed by atoms with van der Waals surface area (Å²) in [6.45, 7) is 0. The predicted molar refractivity (Wildman–Crippen MR) is 61.2 cm³/mol. The molecular weight excluding hydrogens is 186 g/mol. The Morgan fingerprint density at radius 1 is 1.13 bits per heavy atom. The highest BCUT2D eigenvalue weighted by Gasteiger charge is 1.99. The zero-order valence-electron chi connectivity index (χ0n) is 9.10. The Morgan fingerprint density at radius 3 is 2.40 bits per heavy atom. The molecule has 0 unspecified atom stereocenters. The summed E-state index contributed by atoms with van der Waals surface area (Å²) in [5, 5.41) is 0. The lowest BCUT2D eigenvalue weighted by atomic mass is 10.1. The van der Waals surface area contributed by atoms with Crippen LogP contribution in [-0.4, -0.2) is 11.7 Å². The fraction of sp³-hybridized carbons (Fsp3) is 0.231. The Kier molecular flexibility index (Phi) is 2.77. The largest absolute Gasteiger partial charge is 0.497 e. The molecule has 0 saturated carbocycles. The second-order valence-corrected chi connectivity index (χ2v) is 3.64. The summed E-state index contributed by atoms with van der Waals surface area (Å²) in [7, 11) is 3.76. The van der Waals surface area contributed by atoms with E-state index in [4.69, 9.17) is 4.74 Å². The average Bonchev–Trinajstić information content (AvgIpc) is 2.66. The van der Waals surface area contributed by atoms with Crippen LogP contribution in [0.5, 0.6) is 5.75 Å². The fourth-order valence-corrected chi connectivity index (χ4v) is 1.63. The van der Waals surface area contributed by atoms with Crippen molar-refractivity contribution in [2.45, 2.75) is 6.42 Å². The molecule has 15 heavy (non-hydrogen) atoms. The van der Waals surface area contributed by atoms with Crippen molar-refractivity contribution in [3.05, 3.63) is 53.9 Å². The molecule has 1 aromatic carbocycles. The van der Waals surface area contributed by atoms with Crippen molar-refractivity contribution in [2.24, 2.45) is 7.05 Å². The molecule has 0 spiro atoms. The van der Waals surface area contributed by atoms with Crippen LogP contribution in [-0.2, 0) is 13.5 Å². The quantitative estimate of drug-likeness (QED) is 0.744. The molecule has 0 aliphatic carbocycles. The highest BCUT2D eigenvalue weighted by atomic mass is 16.5. The monoisotopic (exact) mass is 201 g/mol. The summed E-state index contributed by atoms with van der Waals surface area (Å²) in [6, 6.07) is 12.4. The normalized spacial score (nSPS) is 10.3. The first-order valence-electron chi connectivity index (χ1n) is 5.03. The Labute approximate surface area is 90.1 Å². The maximum Gasteiger partial charge on any atom is 0.118 e. The van der Waals surface area contributed by atoms with E-state index in [-0.39, 0.29) is 0 Å². The maximum absolute atomic E-state index is 5.12. The van der Waals surface area contributed by atoms with Crippen molar-refractivity contribution in [3.63, 3.8) is 0 Å². The minimum Gasteiger partial charge on any atom is -0.497 e. The Balaban J connectivity index is 2.14. The molecule has 1 aromatic heterocycles. The third-order valence-corrected chi connectivity index (χ3v) is 2.60. The second kappa shape index (κ2) is 4.22. The maximum atomic E-state index is 5.12. The lowest BCUT2D eigenvalue weighted by molar-refractivity contribution is 0.414. The first-order valence-corrected chi connectivity index (χ1v) is 5.03. The molecule has 0 N–H and O–H groups in total. The molecular formula is C13H15NO. The van der Waals surface area contributed by atoms with E-state index in [0.29, 0.717) is 0 Å². The Bertz CT molecular complexity index is 428. The summed E-state index contributed by atoms with van der Waals surface area (Å²) >= 11 is 0. The van der Waals surface area contributed by atoms with Crippen LogP contribution >= 0.6 is 0 Å². The molecule has 0 fully saturated rings. The van der Waals surface area contributed by atoms with Gasteiger partial charge in [-0.15, -0.1) is 0 Å². The molecule has 1 heterocycles. The molecule has 2 aromatic rings. The van der Waals surface area contributed by atoms with E-state index in [2.05, 4.69) is 42.1 Å². The lowest BCUT2D eigenvalue weighted by Crippen LogP contribution is -1.96. The minimum atomic E-state index is 0.908. The molecule has 2 rings (SSSR count). The Hall–Kier alpha value is -1.70. The van der Waals surface area contributed by atoms with Gasteiger partial charge < -0.3 is 9.30 Å². The molecule has 2 heteroatoms. The number of hydrogen-bond acceptors (Lipinski definition) is 1. The molecule has 78 valence electrons. The van der Waals surface area contributed by atoms with E-state index in [1.165, 1.54) is 11.3 Å². The van der Waals surface area contributed by atoms with Crippen molar-refractivity contribution in [1.82, 2.24) is 4.57 Å². The van der Waals surface area contributed by atoms with Crippen LogP contribution < -0.4 is 4.74 Å². The van der Waals surface area contributed by atoms with Crippen molar-refractivity contribution in [1.29, 1.82) is 0 Å². The SMILES string of the molecule is COc1ccc(Cc2cccn2C)cc1. The predicted octanol–water partition coefficient (Wildman–Crippen LogP) is 2.62. The third-order valence-electron chi connectivity index (χ3n) is 2.60. The summed E-state index contributed by atoms with van der Waals surface area (Å²) in [4.78, 5) is 0. The summed E-state index contributed by atoms with van der Waals surface area (Å²) in [6.07, 6.45) is 3.03. The smallest absolute Gasteiger partial charge is 0.118 e. The van der Waals surface area contributed by atoms with Crippen LogP contribution in [0.3, 0.4) is 0 Å². The van der Waals surface area contributed by atoms with Crippen molar-refractivity contribution in [3.8, 4) is 5.75 Å². The summed E-state index contributed by atoms with van der Waals surface area (Å²) < 4.78 is 7.27. The van der Waals surface area contributed by atoms with Crippen LogP contribution in [0, 0.1) is 0 Å². The van der Waals surface area contributed by atoms with E-state index in [1.807, 2.05) is 12.1 Å². The van der Waals surface area contributed by atoms with Crippen LogP contribution in [0.4, 0.5) is 0 Å². The van der Waals surface area contributed by atoms with Crippen LogP contribution in [0.1, 0.15) is 11.3 Å². The number of rotatable bonds is 3. The van der Waals surface area contributed by atoms with Crippen molar-refractivity contribution in [2.75, 3.05) is 7.11 Å². The minimum absolute atomic E-state index is 0.908. The van der Waals surface area contributed by atoms with E-state index in [9.17, 15) is 0 Å². The molecule has 0 aliphatic rings. The lowest BCUT2D eigenvalue weighted by Gasteiger charge is -2.04. The van der Waals surface area contributed by atoms with Gasteiger partial charge in [0.1, 0.15) is 5.75 Å². The Morgan fingerprint density at radius 2 is 1.87 bits per heavy atom. The third kappa shape index (κ3) is 2.21. The second-order valence-electron chi connectivity index (χ2n) is 3.64. The average molecular weight is 201 g/mol. The summed E-state index contributed by atoms with van der Waals surface area (Å²) in [5.41, 5.74) is 2.62. The number of ether oxygens (including phenoxy) is 1. The highest BCUT2D eigenvalue weighted by molar-refractivity contribution is 5.30. The van der Waals surface area contributed by atoms with Crippen molar-refractivity contribution < 1.29 is 4.74 Å². The van der Waals surface area contributed by atoms with Gasteiger partial charge in [0.05, 0.1) is 7.11 Å². The molecule has 0 aliphatic heterocycles. The van der Waals surface area contributed by atoms with Gasteiger partial charge in [-0.25, -0.2) is 0 Å². The number of aromatic nitrogens is 1. The van der Waals surface area contributed by atoms with Gasteiger partial charge in [-0.1, -0.05) is 12.1 Å². The first-order chi connectivity index (χ1) is 7.29. The topological polar surface area (TPSA) is 14.2 Å². The van der Waals surface area contributed by atoms with Crippen LogP contribution in [0.15, 0.2) is 42.6 Å². The van der Waals surface area contributed by atoms with Gasteiger partial charge in [-0.3, -0.25) is 0 Å². The number of nitrogens with zero attached hydrogens (tertiary/aromatic N) is 1. The zero-order valence-corrected chi connectivity index (χ0v) is 9.10. The fourth-order valence-electron chi connectivity index (χ4n) is 1.63. The van der Waals surface area contributed by atoms with E-state index in [0.717, 1.165) is 12.2 Å². The highest BCUT2D eigenvalue weighted by Crippen LogP contribution is 2.14. The van der Waals surface area contributed by atoms with E-state index < -0.39 is 0 Å². The number of methoxy groups -OCH3 is 1. The van der Waals surface area contributed by atoms with Gasteiger partial charge >= 0.3 is 0 Å². The molecule has 2 nitrogen and oxygen atoms in total. The van der Waals surface area contributed by atoms with Crippen LogP contribution in [0.2, 0.25) is 0 Å². The molecule has 0 saturated heterocycles. The summed E-state index contributed by atoms with van der Waals surface area (Å²) in [5.74, 6) is 0.908. The molecule has 0 radical (unpaired) electrons. The van der Waals surface area contributed by atoms with Gasteiger partial charge in [0, 0.05) is 25.4 Å². The van der Waals surface area contributed by atoms with Gasteiger partial charge in [0.25, 0.3) is 0 Å².